The van der Waals surface area contributed by atoms with Gasteiger partial charge in [0.05, 0.1) is 11.7 Å². The van der Waals surface area contributed by atoms with Gasteiger partial charge in [0, 0.05) is 36.9 Å². The number of ether oxygens (including phenoxy) is 1. The van der Waals surface area contributed by atoms with Crippen LogP contribution in [-0.4, -0.2) is 101 Å². The lowest BCUT2D eigenvalue weighted by molar-refractivity contribution is -0.157. The van der Waals surface area contributed by atoms with Gasteiger partial charge in [0.15, 0.2) is 5.82 Å². The van der Waals surface area contributed by atoms with Crippen molar-refractivity contribution in [3.63, 3.8) is 0 Å². The molecule has 2 aliphatic rings. The number of carboxylic acids is 1. The molecule has 2 aliphatic heterocycles. The molecule has 3 heterocycles. The molecule has 1 fully saturated rings. The van der Waals surface area contributed by atoms with Crippen molar-refractivity contribution in [1.29, 1.82) is 0 Å². The van der Waals surface area contributed by atoms with E-state index in [1.165, 1.54) is 31.2 Å². The zero-order chi connectivity index (χ0) is 40.3. The minimum Gasteiger partial charge on any atom is -0.493 e. The number of carbonyl (C=O) groups is 7. The Labute approximate surface area is 319 Å². The summed E-state index contributed by atoms with van der Waals surface area (Å²) in [5, 5.41) is 20.0. The fraction of sp³-hybridized carbons (Fsp3) is 0.324. The standard InChI is InChI=1S/C37H39N7O10S/c1-18(2)14-26(38)33(49)42(19(3)45)24-12-10-22(11-13-24)30-40-15-25(31(47)41-30)32(48)43(34(50)27(39)21-8-6-5-7-9-21)29-35(51)44-28(37(52)53)23(16-54-20(4)46)17-55-36(29)44/h5-13,15,18,26-27,29,36H,14,16-17,38-39H2,1-4H3,(H,52,53)(H,40,41,47)/t26?,27?,29?,36-/m0/s1. The summed E-state index contributed by atoms with van der Waals surface area (Å²) in [5.41, 5.74) is 12.4. The molecule has 55 heavy (non-hydrogen) atoms. The van der Waals surface area contributed by atoms with Crippen molar-refractivity contribution < 1.29 is 48.5 Å². The van der Waals surface area contributed by atoms with Crippen LogP contribution in [0.2, 0.25) is 0 Å². The Hall–Kier alpha value is -5.98. The number of esters is 1. The third kappa shape index (κ3) is 8.25. The van der Waals surface area contributed by atoms with Crippen LogP contribution in [0.1, 0.15) is 56.1 Å². The second kappa shape index (κ2) is 16.6. The molecule has 0 radical (unpaired) electrons. The van der Waals surface area contributed by atoms with Crippen molar-refractivity contribution in [1.82, 2.24) is 19.8 Å². The van der Waals surface area contributed by atoms with Gasteiger partial charge in [0.25, 0.3) is 23.6 Å². The number of benzene rings is 2. The van der Waals surface area contributed by atoms with Crippen molar-refractivity contribution in [2.75, 3.05) is 17.3 Å². The Balaban J connectivity index is 1.46. The molecule has 18 heteroatoms. The number of hydrogen-bond donors (Lipinski definition) is 4. The van der Waals surface area contributed by atoms with E-state index < -0.39 is 82.1 Å². The Morgan fingerprint density at radius 3 is 2.22 bits per heavy atom. The Morgan fingerprint density at radius 2 is 1.65 bits per heavy atom. The molecule has 3 aromatic rings. The van der Waals surface area contributed by atoms with E-state index in [-0.39, 0.29) is 35.4 Å². The largest absolute Gasteiger partial charge is 0.493 e. The zero-order valence-electron chi connectivity index (χ0n) is 30.2. The Morgan fingerprint density at radius 1 is 1.00 bits per heavy atom. The molecule has 1 aromatic heterocycles. The van der Waals surface area contributed by atoms with Crippen LogP contribution >= 0.6 is 11.8 Å². The van der Waals surface area contributed by atoms with Crippen molar-refractivity contribution >= 4 is 58.9 Å². The summed E-state index contributed by atoms with van der Waals surface area (Å²) in [6.07, 6.45) is 1.33. The third-order valence-corrected chi connectivity index (χ3v) is 10.1. The van der Waals surface area contributed by atoms with E-state index in [1.807, 2.05) is 13.8 Å². The van der Waals surface area contributed by atoms with E-state index >= 15 is 0 Å². The molecule has 5 rings (SSSR count). The summed E-state index contributed by atoms with van der Waals surface area (Å²) in [6, 6.07) is 10.1. The molecule has 6 N–H and O–H groups in total. The van der Waals surface area contributed by atoms with Gasteiger partial charge in [-0.1, -0.05) is 44.2 Å². The summed E-state index contributed by atoms with van der Waals surface area (Å²) >= 11 is 1.05. The topological polar surface area (TPSA) is 257 Å². The van der Waals surface area contributed by atoms with Crippen LogP contribution in [0.15, 0.2) is 72.1 Å². The highest BCUT2D eigenvalue weighted by Gasteiger charge is 2.59. The maximum atomic E-state index is 14.2. The normalized spacial score (nSPS) is 17.4. The van der Waals surface area contributed by atoms with Crippen LogP contribution in [0, 0.1) is 5.92 Å². The number of β-lactam (4-membered cyclic amide) rings is 1. The SMILES string of the molecule is CC(=O)OCC1=C(C(=O)O)N2C(=O)C(N(C(=O)c3cnc(-c4ccc(N(C(C)=O)C(=O)C(N)CC(C)C)cc4)nc3O)C(=O)C(N)c3ccccc3)[C@@H]2SC1. The van der Waals surface area contributed by atoms with Gasteiger partial charge >= 0.3 is 11.9 Å². The first-order chi connectivity index (χ1) is 26.0. The number of rotatable bonds is 12. The average Bonchev–Trinajstić information content (AvgIpc) is 3.14. The molecule has 5 amide bonds. The van der Waals surface area contributed by atoms with Crippen LogP contribution in [0.5, 0.6) is 5.88 Å². The number of nitrogens with two attached hydrogens (primary N) is 2. The van der Waals surface area contributed by atoms with Gasteiger partial charge < -0.3 is 26.4 Å². The third-order valence-electron chi connectivity index (χ3n) is 8.79. The smallest absolute Gasteiger partial charge is 0.352 e. The number of anilines is 1. The number of amides is 5. The Bertz CT molecular complexity index is 2080. The lowest BCUT2D eigenvalue weighted by Crippen LogP contribution is -2.72. The van der Waals surface area contributed by atoms with Gasteiger partial charge in [-0.15, -0.1) is 11.8 Å². The Kier molecular flexibility index (Phi) is 12.1. The number of aliphatic carboxylic acids is 1. The van der Waals surface area contributed by atoms with Gasteiger partial charge in [-0.2, -0.15) is 4.98 Å². The van der Waals surface area contributed by atoms with E-state index in [9.17, 15) is 43.8 Å². The summed E-state index contributed by atoms with van der Waals surface area (Å²) < 4.78 is 4.98. The van der Waals surface area contributed by atoms with Crippen molar-refractivity contribution in [3.8, 4) is 17.3 Å². The minimum absolute atomic E-state index is 0.00818. The summed E-state index contributed by atoms with van der Waals surface area (Å²) in [7, 11) is 0. The van der Waals surface area contributed by atoms with Crippen molar-refractivity contribution in [2.24, 2.45) is 17.4 Å². The predicted molar refractivity (Wildman–Crippen MR) is 197 cm³/mol. The number of thioether (sulfide) groups is 1. The average molecular weight is 774 g/mol. The molecular formula is C37H39N7O10S. The van der Waals surface area contributed by atoms with Crippen LogP contribution in [0.4, 0.5) is 5.69 Å². The van der Waals surface area contributed by atoms with Crippen molar-refractivity contribution in [3.05, 3.63) is 83.2 Å². The van der Waals surface area contributed by atoms with Crippen LogP contribution in [0.3, 0.4) is 0 Å². The molecule has 3 unspecified atom stereocenters. The lowest BCUT2D eigenvalue weighted by atomic mass is 9.98. The van der Waals surface area contributed by atoms with Gasteiger partial charge in [-0.25, -0.2) is 14.7 Å². The molecule has 2 aromatic carbocycles. The maximum Gasteiger partial charge on any atom is 0.352 e. The van der Waals surface area contributed by atoms with Gasteiger partial charge in [-0.05, 0) is 42.2 Å². The molecule has 4 atom stereocenters. The van der Waals surface area contributed by atoms with E-state index in [0.29, 0.717) is 22.4 Å². The molecule has 17 nitrogen and oxygen atoms in total. The highest BCUT2D eigenvalue weighted by molar-refractivity contribution is 8.00. The lowest BCUT2D eigenvalue weighted by Gasteiger charge is -2.52. The van der Waals surface area contributed by atoms with E-state index in [0.717, 1.165) is 34.7 Å². The summed E-state index contributed by atoms with van der Waals surface area (Å²) in [5.74, 6) is -7.17. The number of aromatic hydroxyl groups is 1. The molecular weight excluding hydrogens is 735 g/mol. The molecule has 0 spiro atoms. The number of hydrogen-bond acceptors (Lipinski definition) is 14. The molecule has 1 saturated heterocycles. The van der Waals surface area contributed by atoms with Crippen LogP contribution in [-0.2, 0) is 33.5 Å². The van der Waals surface area contributed by atoms with Crippen LogP contribution < -0.4 is 16.4 Å². The summed E-state index contributed by atoms with van der Waals surface area (Å²) in [6.45, 7) is 5.80. The highest BCUT2D eigenvalue weighted by atomic mass is 32.2. The summed E-state index contributed by atoms with van der Waals surface area (Å²) in [4.78, 5) is 102. The highest BCUT2D eigenvalue weighted by Crippen LogP contribution is 2.43. The fourth-order valence-corrected chi connectivity index (χ4v) is 7.55. The predicted octanol–water partition coefficient (Wildman–Crippen LogP) is 1.96. The second-order valence-corrected chi connectivity index (χ2v) is 14.3. The quantitative estimate of drug-likeness (QED) is 0.152. The second-order valence-electron chi connectivity index (χ2n) is 13.2. The molecule has 0 saturated carbocycles. The number of carboxylic acid groups (broad SMARTS) is 1. The van der Waals surface area contributed by atoms with Gasteiger partial charge in [-0.3, -0.25) is 38.6 Å². The van der Waals surface area contributed by atoms with E-state index in [1.54, 1.807) is 30.3 Å². The van der Waals surface area contributed by atoms with Crippen molar-refractivity contribution in [2.45, 2.75) is 57.6 Å². The molecule has 288 valence electrons. The van der Waals surface area contributed by atoms with Crippen LogP contribution in [0.25, 0.3) is 11.4 Å². The first kappa shape index (κ1) is 40.2. The number of nitrogens with zero attached hydrogens (tertiary/aromatic N) is 5. The molecule has 0 aliphatic carbocycles. The van der Waals surface area contributed by atoms with E-state index in [4.69, 9.17) is 16.2 Å². The first-order valence-electron chi connectivity index (χ1n) is 17.0. The van der Waals surface area contributed by atoms with Gasteiger partial charge in [0.1, 0.15) is 35.3 Å². The van der Waals surface area contributed by atoms with E-state index in [2.05, 4.69) is 9.97 Å². The zero-order valence-corrected chi connectivity index (χ0v) is 31.1. The number of aromatic nitrogens is 2. The van der Waals surface area contributed by atoms with Gasteiger partial charge in [0.2, 0.25) is 11.8 Å². The number of imide groups is 2. The number of fused-ring (bicyclic) bond motifs is 1. The minimum atomic E-state index is -1.54. The number of carbonyl (C=O) groups excluding carboxylic acids is 6. The monoisotopic (exact) mass is 773 g/mol. The first-order valence-corrected chi connectivity index (χ1v) is 18.1. The fourth-order valence-electron chi connectivity index (χ4n) is 6.17. The molecule has 0 bridgehead atoms. The maximum absolute atomic E-state index is 14.2.